The van der Waals surface area contributed by atoms with E-state index in [2.05, 4.69) is 41.4 Å². The van der Waals surface area contributed by atoms with E-state index >= 15 is 0 Å². The van der Waals surface area contributed by atoms with Gasteiger partial charge in [-0.3, -0.25) is 0 Å². The van der Waals surface area contributed by atoms with Crippen molar-refractivity contribution in [1.29, 1.82) is 0 Å². The molecule has 1 aliphatic rings. The average molecular weight is 378 g/mol. The number of guanidine groups is 1. The van der Waals surface area contributed by atoms with Crippen LogP contribution in [0.5, 0.6) is 0 Å². The van der Waals surface area contributed by atoms with Gasteiger partial charge in [-0.05, 0) is 37.3 Å². The number of methoxy groups -OCH3 is 2. The van der Waals surface area contributed by atoms with Gasteiger partial charge in [0.25, 0.3) is 0 Å². The van der Waals surface area contributed by atoms with Crippen LogP contribution in [-0.4, -0.2) is 64.0 Å². The first-order valence-corrected chi connectivity index (χ1v) is 9.97. The molecule has 0 aliphatic carbocycles. The van der Waals surface area contributed by atoms with E-state index in [9.17, 15) is 0 Å². The number of nitrogens with zero attached hydrogens (tertiary/aromatic N) is 2. The fourth-order valence-corrected chi connectivity index (χ4v) is 3.19. The fourth-order valence-electron chi connectivity index (χ4n) is 3.19. The van der Waals surface area contributed by atoms with Gasteiger partial charge in [-0.1, -0.05) is 24.3 Å². The molecule has 1 N–H and O–H groups in total. The van der Waals surface area contributed by atoms with Crippen molar-refractivity contribution in [3.8, 4) is 0 Å². The molecule has 0 atom stereocenters. The molecule has 0 amide bonds. The number of rotatable bonds is 10. The topological polar surface area (TPSA) is 55.3 Å². The third kappa shape index (κ3) is 7.87. The summed E-state index contributed by atoms with van der Waals surface area (Å²) >= 11 is 0. The van der Waals surface area contributed by atoms with E-state index in [0.29, 0.717) is 19.3 Å². The van der Waals surface area contributed by atoms with Crippen LogP contribution in [-0.2, 0) is 27.4 Å². The van der Waals surface area contributed by atoms with Crippen LogP contribution in [0.3, 0.4) is 0 Å². The van der Waals surface area contributed by atoms with Crippen molar-refractivity contribution in [1.82, 2.24) is 10.2 Å². The lowest BCUT2D eigenvalue weighted by molar-refractivity contribution is 0.00990. The van der Waals surface area contributed by atoms with Crippen molar-refractivity contribution in [2.24, 2.45) is 4.99 Å². The second kappa shape index (κ2) is 12.7. The van der Waals surface area contributed by atoms with Gasteiger partial charge in [-0.25, -0.2) is 4.99 Å². The molecule has 2 rings (SSSR count). The summed E-state index contributed by atoms with van der Waals surface area (Å²) in [5.74, 6) is 0.997. The summed E-state index contributed by atoms with van der Waals surface area (Å²) in [4.78, 5) is 7.18. The van der Waals surface area contributed by atoms with Gasteiger partial charge in [-0.15, -0.1) is 0 Å². The number of benzene rings is 1. The molecular weight excluding hydrogens is 342 g/mol. The molecule has 0 saturated carbocycles. The molecule has 0 radical (unpaired) electrons. The van der Waals surface area contributed by atoms with Crippen molar-refractivity contribution in [3.63, 3.8) is 0 Å². The van der Waals surface area contributed by atoms with Crippen LogP contribution in [0.25, 0.3) is 0 Å². The number of piperidine rings is 1. The third-order valence-corrected chi connectivity index (χ3v) is 4.67. The quantitative estimate of drug-likeness (QED) is 0.386. The summed E-state index contributed by atoms with van der Waals surface area (Å²) in [5, 5.41) is 3.43. The Bertz CT molecular complexity index is 540. The van der Waals surface area contributed by atoms with Gasteiger partial charge in [0.15, 0.2) is 5.96 Å². The monoisotopic (exact) mass is 377 g/mol. The molecule has 6 heteroatoms. The molecule has 0 aromatic heterocycles. The number of hydrogen-bond acceptors (Lipinski definition) is 4. The van der Waals surface area contributed by atoms with Crippen LogP contribution in [0, 0.1) is 0 Å². The summed E-state index contributed by atoms with van der Waals surface area (Å²) < 4.78 is 16.2. The maximum Gasteiger partial charge on any atom is 0.194 e. The maximum absolute atomic E-state index is 5.96. The normalized spacial score (nSPS) is 16.0. The molecule has 1 aromatic carbocycles. The number of likely N-dealkylation sites (tertiary alicyclic amines) is 1. The molecule has 6 nitrogen and oxygen atoms in total. The van der Waals surface area contributed by atoms with E-state index in [0.717, 1.165) is 58.1 Å². The molecule has 0 spiro atoms. The minimum absolute atomic E-state index is 0.356. The molecule has 1 heterocycles. The molecular formula is C21H35N3O3. The van der Waals surface area contributed by atoms with E-state index in [1.165, 1.54) is 11.1 Å². The van der Waals surface area contributed by atoms with Gasteiger partial charge < -0.3 is 24.4 Å². The predicted molar refractivity (Wildman–Crippen MR) is 109 cm³/mol. The zero-order valence-electron chi connectivity index (χ0n) is 17.1. The summed E-state index contributed by atoms with van der Waals surface area (Å²) in [6, 6.07) is 8.46. The van der Waals surface area contributed by atoms with Crippen molar-refractivity contribution in [2.45, 2.75) is 45.4 Å². The second-order valence-corrected chi connectivity index (χ2v) is 6.82. The molecule has 1 saturated heterocycles. The third-order valence-electron chi connectivity index (χ3n) is 4.67. The zero-order chi connectivity index (χ0) is 19.3. The molecule has 1 fully saturated rings. The Labute approximate surface area is 163 Å². The second-order valence-electron chi connectivity index (χ2n) is 6.82. The number of hydrogen-bond donors (Lipinski definition) is 1. The van der Waals surface area contributed by atoms with Crippen LogP contribution >= 0.6 is 0 Å². The Morgan fingerprint density at radius 1 is 1.07 bits per heavy atom. The summed E-state index contributed by atoms with van der Waals surface area (Å²) in [7, 11) is 3.45. The van der Waals surface area contributed by atoms with Crippen LogP contribution in [0.2, 0.25) is 0 Å². The first-order chi connectivity index (χ1) is 13.3. The lowest BCUT2D eigenvalue weighted by Crippen LogP contribution is -2.47. The molecule has 1 aliphatic heterocycles. The largest absolute Gasteiger partial charge is 0.385 e. The summed E-state index contributed by atoms with van der Waals surface area (Å²) in [6.45, 7) is 7.83. The van der Waals surface area contributed by atoms with Crippen molar-refractivity contribution < 1.29 is 14.2 Å². The Morgan fingerprint density at radius 3 is 2.41 bits per heavy atom. The Balaban J connectivity index is 1.82. The van der Waals surface area contributed by atoms with Gasteiger partial charge in [0.2, 0.25) is 0 Å². The fraction of sp³-hybridized carbons (Fsp3) is 0.667. The lowest BCUT2D eigenvalue weighted by Gasteiger charge is -2.34. The van der Waals surface area contributed by atoms with Gasteiger partial charge in [0.1, 0.15) is 0 Å². The zero-order valence-corrected chi connectivity index (χ0v) is 17.1. The minimum Gasteiger partial charge on any atom is -0.385 e. The van der Waals surface area contributed by atoms with Crippen molar-refractivity contribution >= 4 is 5.96 Å². The van der Waals surface area contributed by atoms with Crippen LogP contribution < -0.4 is 5.32 Å². The van der Waals surface area contributed by atoms with E-state index in [1.807, 2.05) is 0 Å². The summed E-state index contributed by atoms with van der Waals surface area (Å²) in [5.41, 5.74) is 2.39. The Hall–Kier alpha value is -1.63. The number of nitrogens with one attached hydrogen (secondary N) is 1. The van der Waals surface area contributed by atoms with Crippen molar-refractivity contribution in [3.05, 3.63) is 35.4 Å². The first-order valence-electron chi connectivity index (χ1n) is 9.97. The highest BCUT2D eigenvalue weighted by Crippen LogP contribution is 2.15. The van der Waals surface area contributed by atoms with Crippen LogP contribution in [0.4, 0.5) is 0 Å². The van der Waals surface area contributed by atoms with Crippen LogP contribution in [0.15, 0.2) is 29.3 Å². The molecule has 0 unspecified atom stereocenters. The summed E-state index contributed by atoms with van der Waals surface area (Å²) in [6.07, 6.45) is 3.41. The molecule has 152 valence electrons. The Morgan fingerprint density at radius 2 is 1.78 bits per heavy atom. The van der Waals surface area contributed by atoms with E-state index in [1.54, 1.807) is 14.2 Å². The first kappa shape index (κ1) is 21.7. The SMILES string of the molecule is CCNC(=NCc1ccc(COC)cc1)N1CCC(OCCCOC)CC1. The highest BCUT2D eigenvalue weighted by molar-refractivity contribution is 5.80. The average Bonchev–Trinajstić information content (AvgIpc) is 2.70. The van der Waals surface area contributed by atoms with Gasteiger partial charge in [0, 0.05) is 47.1 Å². The highest BCUT2D eigenvalue weighted by atomic mass is 16.5. The molecule has 27 heavy (non-hydrogen) atoms. The van der Waals surface area contributed by atoms with E-state index < -0.39 is 0 Å². The van der Waals surface area contributed by atoms with Gasteiger partial charge in [0.05, 0.1) is 19.3 Å². The van der Waals surface area contributed by atoms with E-state index in [-0.39, 0.29) is 0 Å². The van der Waals surface area contributed by atoms with Gasteiger partial charge in [-0.2, -0.15) is 0 Å². The van der Waals surface area contributed by atoms with Crippen LogP contribution in [0.1, 0.15) is 37.3 Å². The predicted octanol–water partition coefficient (Wildman–Crippen LogP) is 2.82. The number of aliphatic imine (C=N–C) groups is 1. The molecule has 0 bridgehead atoms. The van der Waals surface area contributed by atoms with E-state index in [4.69, 9.17) is 19.2 Å². The maximum atomic E-state index is 5.96. The Kier molecular flexibility index (Phi) is 10.2. The minimum atomic E-state index is 0.356. The highest BCUT2D eigenvalue weighted by Gasteiger charge is 2.21. The molecule has 1 aromatic rings. The smallest absolute Gasteiger partial charge is 0.194 e. The standard InChI is InChI=1S/C21H35N3O3/c1-4-22-21(23-16-18-6-8-19(9-7-18)17-26-3)24-12-10-20(11-13-24)27-15-5-14-25-2/h6-9,20H,4-5,10-17H2,1-3H3,(H,22,23). The van der Waals surface area contributed by atoms with Crippen molar-refractivity contribution in [2.75, 3.05) is 47.1 Å². The lowest BCUT2D eigenvalue weighted by atomic mass is 10.1. The number of ether oxygens (including phenoxy) is 3. The van der Waals surface area contributed by atoms with Gasteiger partial charge >= 0.3 is 0 Å².